The third-order valence-corrected chi connectivity index (χ3v) is 3.71. The summed E-state index contributed by atoms with van der Waals surface area (Å²) in [5.74, 6) is -1.78. The number of hydrogen-bond acceptors (Lipinski definition) is 6. The van der Waals surface area contributed by atoms with Crippen molar-refractivity contribution < 1.29 is 24.0 Å². The first-order valence-electron chi connectivity index (χ1n) is 6.37. The van der Waals surface area contributed by atoms with Crippen LogP contribution in [0.2, 0.25) is 10.0 Å². The molecule has 0 aliphatic rings. The van der Waals surface area contributed by atoms with Crippen molar-refractivity contribution in [1.29, 1.82) is 0 Å². The van der Waals surface area contributed by atoms with E-state index in [2.05, 4.69) is 4.74 Å². The average Bonchev–Trinajstić information content (AvgIpc) is 2.57. The van der Waals surface area contributed by atoms with Crippen molar-refractivity contribution in [3.8, 4) is 5.75 Å². The normalized spacial score (nSPS) is 10.1. The average molecular weight is 370 g/mol. The van der Waals surface area contributed by atoms with E-state index in [0.29, 0.717) is 0 Å². The van der Waals surface area contributed by atoms with Gasteiger partial charge in [0.25, 0.3) is 5.69 Å². The number of benzene rings is 2. The van der Waals surface area contributed by atoms with Gasteiger partial charge < -0.3 is 9.47 Å². The lowest BCUT2D eigenvalue weighted by Crippen LogP contribution is -2.11. The molecule has 2 aromatic rings. The molecule has 0 N–H and O–H groups in total. The molecule has 0 amide bonds. The third-order valence-electron chi connectivity index (χ3n) is 2.90. The van der Waals surface area contributed by atoms with Gasteiger partial charge in [-0.3, -0.25) is 10.1 Å². The molecular weight excluding hydrogens is 361 g/mol. The van der Waals surface area contributed by atoms with Crippen LogP contribution >= 0.6 is 23.2 Å². The summed E-state index contributed by atoms with van der Waals surface area (Å²) in [5, 5.41) is 11.2. The monoisotopic (exact) mass is 369 g/mol. The predicted octanol–water partition coefficient (Wildman–Crippen LogP) is 3.91. The Morgan fingerprint density at radius 1 is 1.08 bits per heavy atom. The number of non-ortho nitro benzene ring substituents is 1. The summed E-state index contributed by atoms with van der Waals surface area (Å²) in [6.45, 7) is 0. The Labute approximate surface area is 145 Å². The quantitative estimate of drug-likeness (QED) is 0.350. The van der Waals surface area contributed by atoms with Gasteiger partial charge in [-0.2, -0.15) is 0 Å². The minimum atomic E-state index is -0.937. The van der Waals surface area contributed by atoms with Crippen LogP contribution in [-0.4, -0.2) is 24.0 Å². The molecule has 24 heavy (non-hydrogen) atoms. The number of carbonyl (C=O) groups is 2. The number of halogens is 2. The van der Waals surface area contributed by atoms with E-state index in [1.165, 1.54) is 18.2 Å². The first kappa shape index (κ1) is 17.7. The summed E-state index contributed by atoms with van der Waals surface area (Å²) in [6, 6.07) is 7.53. The minimum absolute atomic E-state index is 0.0136. The van der Waals surface area contributed by atoms with E-state index in [-0.39, 0.29) is 26.9 Å². The van der Waals surface area contributed by atoms with E-state index in [1.807, 2.05) is 0 Å². The number of methoxy groups -OCH3 is 1. The number of esters is 2. The topological polar surface area (TPSA) is 95.7 Å². The lowest BCUT2D eigenvalue weighted by Gasteiger charge is -2.08. The molecule has 0 unspecified atom stereocenters. The first-order valence-corrected chi connectivity index (χ1v) is 7.13. The summed E-state index contributed by atoms with van der Waals surface area (Å²) >= 11 is 11.7. The minimum Gasteiger partial charge on any atom is -0.465 e. The number of nitrogens with zero attached hydrogens (tertiary/aromatic N) is 1. The van der Waals surface area contributed by atoms with Crippen LogP contribution in [0.1, 0.15) is 20.7 Å². The molecule has 2 aromatic carbocycles. The zero-order valence-corrected chi connectivity index (χ0v) is 13.6. The Balaban J connectivity index is 2.41. The van der Waals surface area contributed by atoms with E-state index in [0.717, 1.165) is 25.3 Å². The lowest BCUT2D eigenvalue weighted by atomic mass is 10.1. The van der Waals surface area contributed by atoms with Crippen molar-refractivity contribution in [3.63, 3.8) is 0 Å². The SMILES string of the molecule is COC(=O)c1cc(C(=O)Oc2cccc(Cl)c2Cl)cc([N+](=O)[O-])c1. The van der Waals surface area contributed by atoms with Gasteiger partial charge in [-0.1, -0.05) is 29.3 Å². The first-order chi connectivity index (χ1) is 11.3. The van der Waals surface area contributed by atoms with Gasteiger partial charge in [0.05, 0.1) is 28.2 Å². The van der Waals surface area contributed by atoms with Crippen LogP contribution in [0.15, 0.2) is 36.4 Å². The van der Waals surface area contributed by atoms with Crippen LogP contribution in [0.4, 0.5) is 5.69 Å². The molecular formula is C15H9Cl2NO6. The molecule has 0 aliphatic heterocycles. The molecule has 0 aromatic heterocycles. The fraction of sp³-hybridized carbons (Fsp3) is 0.0667. The van der Waals surface area contributed by atoms with Gasteiger partial charge in [0.2, 0.25) is 0 Å². The molecule has 9 heteroatoms. The Morgan fingerprint density at radius 3 is 2.29 bits per heavy atom. The van der Waals surface area contributed by atoms with Crippen LogP contribution in [0.3, 0.4) is 0 Å². The van der Waals surface area contributed by atoms with E-state index in [9.17, 15) is 19.7 Å². The number of rotatable bonds is 4. The molecule has 0 saturated heterocycles. The predicted molar refractivity (Wildman–Crippen MR) is 85.9 cm³/mol. The van der Waals surface area contributed by atoms with Crippen molar-refractivity contribution in [1.82, 2.24) is 0 Å². The Hall–Kier alpha value is -2.64. The number of hydrogen-bond donors (Lipinski definition) is 0. The molecule has 124 valence electrons. The number of nitro groups is 1. The Bertz CT molecular complexity index is 837. The maximum atomic E-state index is 12.2. The Morgan fingerprint density at radius 2 is 1.71 bits per heavy atom. The zero-order valence-electron chi connectivity index (χ0n) is 12.1. The number of ether oxygens (including phenoxy) is 2. The van der Waals surface area contributed by atoms with Crippen molar-refractivity contribution in [2.45, 2.75) is 0 Å². The molecule has 2 rings (SSSR count). The van der Waals surface area contributed by atoms with Gasteiger partial charge >= 0.3 is 11.9 Å². The molecule has 0 saturated carbocycles. The summed E-state index contributed by atoms with van der Waals surface area (Å²) in [6.07, 6.45) is 0. The van der Waals surface area contributed by atoms with Gasteiger partial charge in [0.1, 0.15) is 5.02 Å². The zero-order chi connectivity index (χ0) is 17.9. The van der Waals surface area contributed by atoms with Crippen LogP contribution in [0.5, 0.6) is 5.75 Å². The van der Waals surface area contributed by atoms with E-state index in [1.54, 1.807) is 0 Å². The maximum absolute atomic E-state index is 12.2. The molecule has 0 heterocycles. The van der Waals surface area contributed by atoms with Crippen molar-refractivity contribution in [2.75, 3.05) is 7.11 Å². The molecule has 0 bridgehead atoms. The molecule has 7 nitrogen and oxygen atoms in total. The molecule has 0 aliphatic carbocycles. The van der Waals surface area contributed by atoms with Gasteiger partial charge in [-0.05, 0) is 18.2 Å². The van der Waals surface area contributed by atoms with Crippen LogP contribution < -0.4 is 4.74 Å². The molecule has 0 spiro atoms. The smallest absolute Gasteiger partial charge is 0.343 e. The van der Waals surface area contributed by atoms with Crippen molar-refractivity contribution in [2.24, 2.45) is 0 Å². The van der Waals surface area contributed by atoms with E-state index < -0.39 is 22.5 Å². The van der Waals surface area contributed by atoms with Gasteiger partial charge in [0.15, 0.2) is 5.75 Å². The summed E-state index contributed by atoms with van der Waals surface area (Å²) in [5.41, 5.74) is -0.821. The fourth-order valence-corrected chi connectivity index (χ4v) is 2.12. The maximum Gasteiger partial charge on any atom is 0.343 e. The lowest BCUT2D eigenvalue weighted by molar-refractivity contribution is -0.384. The molecule has 0 atom stereocenters. The third kappa shape index (κ3) is 3.81. The van der Waals surface area contributed by atoms with Crippen LogP contribution in [-0.2, 0) is 4.74 Å². The number of nitro benzene ring substituents is 1. The largest absolute Gasteiger partial charge is 0.465 e. The second kappa shape index (κ2) is 7.29. The second-order valence-corrected chi connectivity index (χ2v) is 5.24. The standard InChI is InChI=1S/C15H9Cl2NO6/c1-23-14(19)8-5-9(7-10(6-8)18(21)22)15(20)24-12-4-2-3-11(16)13(12)17/h2-7H,1H3. The second-order valence-electron chi connectivity index (χ2n) is 4.46. The van der Waals surface area contributed by atoms with E-state index in [4.69, 9.17) is 27.9 Å². The van der Waals surface area contributed by atoms with Crippen LogP contribution in [0, 0.1) is 10.1 Å². The van der Waals surface area contributed by atoms with Gasteiger partial charge in [-0.15, -0.1) is 0 Å². The highest BCUT2D eigenvalue weighted by Crippen LogP contribution is 2.32. The number of carbonyl (C=O) groups excluding carboxylic acids is 2. The highest BCUT2D eigenvalue weighted by molar-refractivity contribution is 6.43. The van der Waals surface area contributed by atoms with E-state index >= 15 is 0 Å². The highest BCUT2D eigenvalue weighted by atomic mass is 35.5. The highest BCUT2D eigenvalue weighted by Gasteiger charge is 2.20. The molecule has 0 fully saturated rings. The van der Waals surface area contributed by atoms with Crippen LogP contribution in [0.25, 0.3) is 0 Å². The fourth-order valence-electron chi connectivity index (χ4n) is 1.79. The summed E-state index contributed by atoms with van der Waals surface area (Å²) in [7, 11) is 1.12. The van der Waals surface area contributed by atoms with Crippen molar-refractivity contribution in [3.05, 3.63) is 67.7 Å². The Kier molecular flexibility index (Phi) is 5.38. The summed E-state index contributed by atoms with van der Waals surface area (Å²) < 4.78 is 9.59. The van der Waals surface area contributed by atoms with Gasteiger partial charge in [0, 0.05) is 12.1 Å². The van der Waals surface area contributed by atoms with Crippen molar-refractivity contribution >= 4 is 40.8 Å². The summed E-state index contributed by atoms with van der Waals surface area (Å²) in [4.78, 5) is 34.0. The molecule has 0 radical (unpaired) electrons. The van der Waals surface area contributed by atoms with Gasteiger partial charge in [-0.25, -0.2) is 9.59 Å².